The Balaban J connectivity index is 1.98. The van der Waals surface area contributed by atoms with Gasteiger partial charge in [0.15, 0.2) is 0 Å². The maximum atomic E-state index is 13.1. The van der Waals surface area contributed by atoms with Crippen LogP contribution in [0.3, 0.4) is 0 Å². The van der Waals surface area contributed by atoms with Crippen molar-refractivity contribution >= 4 is 0 Å². The molecule has 0 aromatic heterocycles. The lowest BCUT2D eigenvalue weighted by Gasteiger charge is -2.22. The van der Waals surface area contributed by atoms with Crippen LogP contribution in [-0.4, -0.2) is 23.6 Å². The predicted octanol–water partition coefficient (Wildman–Crippen LogP) is 3.17. The molecule has 22 heavy (non-hydrogen) atoms. The molecule has 114 valence electrons. The first-order valence-electron chi connectivity index (χ1n) is 7.11. The number of hydrogen-bond donors (Lipinski definition) is 1. The van der Waals surface area contributed by atoms with Gasteiger partial charge >= 0.3 is 0 Å². The van der Waals surface area contributed by atoms with Crippen LogP contribution in [0.1, 0.15) is 28.4 Å². The van der Waals surface area contributed by atoms with Gasteiger partial charge in [0, 0.05) is 13.1 Å². The number of aliphatic hydroxyl groups excluding tert-OH is 1. The zero-order valence-electron chi connectivity index (χ0n) is 12.8. The number of likely N-dealkylation sites (N-methyl/N-ethyl adjacent to an activating group) is 1. The average Bonchev–Trinajstić information content (AvgIpc) is 2.47. The molecule has 1 atom stereocenters. The Morgan fingerprint density at radius 2 is 1.91 bits per heavy atom. The summed E-state index contributed by atoms with van der Waals surface area (Å²) in [6.45, 7) is 2.91. The van der Waals surface area contributed by atoms with Gasteiger partial charge in [0.2, 0.25) is 0 Å². The minimum absolute atomic E-state index is 0.292. The molecule has 0 saturated heterocycles. The summed E-state index contributed by atoms with van der Waals surface area (Å²) in [5.74, 6) is -0.292. The van der Waals surface area contributed by atoms with E-state index in [9.17, 15) is 9.50 Å². The molecule has 0 aliphatic heterocycles. The Hall–Kier alpha value is -2.22. The average molecular weight is 298 g/mol. The van der Waals surface area contributed by atoms with Gasteiger partial charge in [-0.2, -0.15) is 5.26 Å². The third kappa shape index (κ3) is 4.14. The van der Waals surface area contributed by atoms with Crippen molar-refractivity contribution in [1.29, 1.82) is 5.26 Å². The lowest BCUT2D eigenvalue weighted by molar-refractivity contribution is 0.123. The highest BCUT2D eigenvalue weighted by atomic mass is 19.1. The second-order valence-electron chi connectivity index (χ2n) is 5.52. The number of benzene rings is 2. The first kappa shape index (κ1) is 16.2. The predicted molar refractivity (Wildman–Crippen MR) is 83.6 cm³/mol. The summed E-state index contributed by atoms with van der Waals surface area (Å²) < 4.78 is 13.1. The molecule has 3 nitrogen and oxygen atoms in total. The fourth-order valence-electron chi connectivity index (χ4n) is 2.47. The summed E-state index contributed by atoms with van der Waals surface area (Å²) in [5.41, 5.74) is 3.20. The van der Waals surface area contributed by atoms with Crippen molar-refractivity contribution in [2.45, 2.75) is 19.6 Å². The van der Waals surface area contributed by atoms with E-state index < -0.39 is 6.10 Å². The van der Waals surface area contributed by atoms with Crippen LogP contribution in [0.2, 0.25) is 0 Å². The molecule has 0 bridgehead atoms. The number of nitrogens with zero attached hydrogens (tertiary/aromatic N) is 2. The van der Waals surface area contributed by atoms with Crippen molar-refractivity contribution < 1.29 is 9.50 Å². The van der Waals surface area contributed by atoms with E-state index in [0.717, 1.165) is 16.7 Å². The molecule has 2 rings (SSSR count). The first-order chi connectivity index (χ1) is 10.5. The molecule has 0 heterocycles. The molecule has 0 fully saturated rings. The third-order valence-electron chi connectivity index (χ3n) is 3.61. The molecule has 1 unspecified atom stereocenters. The minimum atomic E-state index is -0.663. The van der Waals surface area contributed by atoms with Crippen LogP contribution in [-0.2, 0) is 6.54 Å². The van der Waals surface area contributed by atoms with Crippen LogP contribution in [0.5, 0.6) is 0 Å². The molecule has 4 heteroatoms. The summed E-state index contributed by atoms with van der Waals surface area (Å²) in [6, 6.07) is 13.9. The Kier molecular flexibility index (Phi) is 5.26. The second-order valence-corrected chi connectivity index (χ2v) is 5.52. The topological polar surface area (TPSA) is 47.3 Å². The Labute approximate surface area is 130 Å². The monoisotopic (exact) mass is 298 g/mol. The number of aliphatic hydroxyl groups is 1. The normalized spacial score (nSPS) is 12.2. The van der Waals surface area contributed by atoms with Gasteiger partial charge in [0.1, 0.15) is 5.82 Å². The summed E-state index contributed by atoms with van der Waals surface area (Å²) >= 11 is 0. The summed E-state index contributed by atoms with van der Waals surface area (Å²) in [4.78, 5) is 1.99. The lowest BCUT2D eigenvalue weighted by atomic mass is 10.0. The maximum absolute atomic E-state index is 13.1. The Bertz CT molecular complexity index is 676. The number of rotatable bonds is 5. The number of aryl methyl sites for hydroxylation is 1. The van der Waals surface area contributed by atoms with Crippen LogP contribution in [0, 0.1) is 24.1 Å². The SMILES string of the molecule is Cc1cc(F)ccc1C(O)CN(C)Cc1ccc(C#N)cc1. The third-order valence-corrected chi connectivity index (χ3v) is 3.61. The van der Waals surface area contributed by atoms with Crippen LogP contribution < -0.4 is 0 Å². The minimum Gasteiger partial charge on any atom is -0.387 e. The zero-order chi connectivity index (χ0) is 16.1. The molecular formula is C18H19FN2O. The molecule has 0 radical (unpaired) electrons. The van der Waals surface area contributed by atoms with Crippen molar-refractivity contribution in [3.05, 3.63) is 70.5 Å². The maximum Gasteiger partial charge on any atom is 0.123 e. The van der Waals surface area contributed by atoms with Gasteiger partial charge in [-0.1, -0.05) is 18.2 Å². The van der Waals surface area contributed by atoms with Gasteiger partial charge in [-0.25, -0.2) is 4.39 Å². The smallest absolute Gasteiger partial charge is 0.123 e. The molecule has 0 aliphatic carbocycles. The number of halogens is 1. The molecule has 0 spiro atoms. The zero-order valence-corrected chi connectivity index (χ0v) is 12.8. The van der Waals surface area contributed by atoms with E-state index >= 15 is 0 Å². The van der Waals surface area contributed by atoms with E-state index in [2.05, 4.69) is 6.07 Å². The summed E-state index contributed by atoms with van der Waals surface area (Å²) in [7, 11) is 1.92. The quantitative estimate of drug-likeness (QED) is 0.922. The van der Waals surface area contributed by atoms with Crippen molar-refractivity contribution in [3.8, 4) is 6.07 Å². The van der Waals surface area contributed by atoms with E-state index in [-0.39, 0.29) is 5.82 Å². The van der Waals surface area contributed by atoms with E-state index in [1.54, 1.807) is 25.1 Å². The molecular weight excluding hydrogens is 279 g/mol. The molecule has 0 aliphatic rings. The summed E-state index contributed by atoms with van der Waals surface area (Å²) in [5, 5.41) is 19.1. The molecule has 2 aromatic carbocycles. The standard InChI is InChI=1S/C18H19FN2O/c1-13-9-16(19)7-8-17(13)18(22)12-21(2)11-15-5-3-14(10-20)4-6-15/h3-9,18,22H,11-12H2,1-2H3. The van der Waals surface area contributed by atoms with Gasteiger partial charge in [-0.3, -0.25) is 4.90 Å². The van der Waals surface area contributed by atoms with Gasteiger partial charge in [-0.15, -0.1) is 0 Å². The van der Waals surface area contributed by atoms with Gasteiger partial charge in [0.05, 0.1) is 17.7 Å². The first-order valence-corrected chi connectivity index (χ1v) is 7.11. The van der Waals surface area contributed by atoms with Crippen LogP contribution in [0.15, 0.2) is 42.5 Å². The number of nitriles is 1. The molecule has 2 aromatic rings. The van der Waals surface area contributed by atoms with Crippen molar-refractivity contribution in [3.63, 3.8) is 0 Å². The summed E-state index contributed by atoms with van der Waals surface area (Å²) in [6.07, 6.45) is -0.663. The van der Waals surface area contributed by atoms with Crippen molar-refractivity contribution in [2.75, 3.05) is 13.6 Å². The van der Waals surface area contributed by atoms with Crippen LogP contribution in [0.4, 0.5) is 4.39 Å². The Morgan fingerprint density at radius 1 is 1.23 bits per heavy atom. The van der Waals surface area contributed by atoms with Crippen LogP contribution >= 0.6 is 0 Å². The molecule has 0 saturated carbocycles. The highest BCUT2D eigenvalue weighted by Crippen LogP contribution is 2.20. The highest BCUT2D eigenvalue weighted by molar-refractivity contribution is 5.32. The fourth-order valence-corrected chi connectivity index (χ4v) is 2.47. The van der Waals surface area contributed by atoms with E-state index in [4.69, 9.17) is 5.26 Å². The second kappa shape index (κ2) is 7.17. The van der Waals surface area contributed by atoms with Crippen LogP contribution in [0.25, 0.3) is 0 Å². The van der Waals surface area contributed by atoms with Crippen molar-refractivity contribution in [2.24, 2.45) is 0 Å². The molecule has 1 N–H and O–H groups in total. The number of hydrogen-bond acceptors (Lipinski definition) is 3. The van der Waals surface area contributed by atoms with Crippen molar-refractivity contribution in [1.82, 2.24) is 4.90 Å². The largest absolute Gasteiger partial charge is 0.387 e. The van der Waals surface area contributed by atoms with E-state index in [0.29, 0.717) is 18.7 Å². The Morgan fingerprint density at radius 3 is 2.50 bits per heavy atom. The van der Waals surface area contributed by atoms with E-state index in [1.165, 1.54) is 12.1 Å². The van der Waals surface area contributed by atoms with Gasteiger partial charge in [0.25, 0.3) is 0 Å². The fraction of sp³-hybridized carbons (Fsp3) is 0.278. The molecule has 0 amide bonds. The van der Waals surface area contributed by atoms with Gasteiger partial charge in [-0.05, 0) is 54.9 Å². The highest BCUT2D eigenvalue weighted by Gasteiger charge is 2.13. The lowest BCUT2D eigenvalue weighted by Crippen LogP contribution is -2.24. The van der Waals surface area contributed by atoms with Gasteiger partial charge < -0.3 is 5.11 Å². The van der Waals surface area contributed by atoms with E-state index in [1.807, 2.05) is 24.1 Å².